The molecule has 1 aliphatic rings. The van der Waals surface area contributed by atoms with Crippen molar-refractivity contribution in [3.05, 3.63) is 29.6 Å². The molecule has 1 fully saturated rings. The second kappa shape index (κ2) is 5.91. The van der Waals surface area contributed by atoms with Crippen LogP contribution >= 0.6 is 0 Å². The molecule has 0 unspecified atom stereocenters. The van der Waals surface area contributed by atoms with Crippen molar-refractivity contribution >= 4 is 5.69 Å². The third kappa shape index (κ3) is 3.47. The molecule has 1 heterocycles. The quantitative estimate of drug-likeness (QED) is 0.894. The van der Waals surface area contributed by atoms with Gasteiger partial charge in [0.15, 0.2) is 0 Å². The lowest BCUT2D eigenvalue weighted by atomic mass is 9.78. The van der Waals surface area contributed by atoms with E-state index in [-0.39, 0.29) is 5.82 Å². The third-order valence-electron chi connectivity index (χ3n) is 4.51. The van der Waals surface area contributed by atoms with E-state index < -0.39 is 0 Å². The molecule has 2 nitrogen and oxygen atoms in total. The van der Waals surface area contributed by atoms with Crippen LogP contribution in [0, 0.1) is 11.2 Å². The van der Waals surface area contributed by atoms with Crippen LogP contribution < -0.4 is 10.2 Å². The maximum atomic E-state index is 13.7. The average molecular weight is 264 g/mol. The minimum Gasteiger partial charge on any atom is -0.371 e. The van der Waals surface area contributed by atoms with Gasteiger partial charge in [-0.3, -0.25) is 0 Å². The molecule has 2 rings (SSSR count). The Balaban J connectivity index is 2.10. The predicted molar refractivity (Wildman–Crippen MR) is 79.0 cm³/mol. The smallest absolute Gasteiger partial charge is 0.125 e. The van der Waals surface area contributed by atoms with Crippen LogP contribution in [0.1, 0.15) is 38.7 Å². The summed E-state index contributed by atoms with van der Waals surface area (Å²) in [6, 6.07) is 5.38. The summed E-state index contributed by atoms with van der Waals surface area (Å²) < 4.78 is 13.7. The highest BCUT2D eigenvalue weighted by molar-refractivity contribution is 5.49. The molecule has 0 amide bonds. The zero-order valence-electron chi connectivity index (χ0n) is 12.3. The summed E-state index contributed by atoms with van der Waals surface area (Å²) >= 11 is 0. The van der Waals surface area contributed by atoms with E-state index in [4.69, 9.17) is 0 Å². The number of halogens is 1. The van der Waals surface area contributed by atoms with Crippen molar-refractivity contribution in [2.75, 3.05) is 25.0 Å². The highest BCUT2D eigenvalue weighted by Gasteiger charge is 2.28. The van der Waals surface area contributed by atoms with Gasteiger partial charge in [0.25, 0.3) is 0 Å². The fourth-order valence-corrected chi connectivity index (χ4v) is 2.78. The molecule has 106 valence electrons. The molecule has 0 atom stereocenters. The predicted octanol–water partition coefficient (Wildman–Crippen LogP) is 3.56. The van der Waals surface area contributed by atoms with Crippen molar-refractivity contribution in [1.82, 2.24) is 5.32 Å². The second-order valence-electron chi connectivity index (χ2n) is 6.00. The summed E-state index contributed by atoms with van der Waals surface area (Å²) in [6.07, 6.45) is 3.62. The lowest BCUT2D eigenvalue weighted by molar-refractivity contribution is 0.238. The first kappa shape index (κ1) is 14.3. The van der Waals surface area contributed by atoms with E-state index in [1.165, 1.54) is 19.3 Å². The SMILES string of the molecule is CCC1(C)CCN(c2cc(F)cc(CNC)c2)CC1. The van der Waals surface area contributed by atoms with Crippen molar-refractivity contribution in [2.24, 2.45) is 5.41 Å². The number of anilines is 1. The van der Waals surface area contributed by atoms with Crippen LogP contribution in [0.2, 0.25) is 0 Å². The summed E-state index contributed by atoms with van der Waals surface area (Å²) in [6.45, 7) is 7.41. The molecule has 1 aromatic rings. The van der Waals surface area contributed by atoms with Gasteiger partial charge in [-0.2, -0.15) is 0 Å². The van der Waals surface area contributed by atoms with Crippen LogP contribution in [0.4, 0.5) is 10.1 Å². The van der Waals surface area contributed by atoms with E-state index >= 15 is 0 Å². The van der Waals surface area contributed by atoms with Crippen LogP contribution in [0.3, 0.4) is 0 Å². The Morgan fingerprint density at radius 2 is 1.95 bits per heavy atom. The number of benzene rings is 1. The molecule has 1 N–H and O–H groups in total. The summed E-state index contributed by atoms with van der Waals surface area (Å²) in [5, 5.41) is 3.08. The summed E-state index contributed by atoms with van der Waals surface area (Å²) in [4.78, 5) is 2.32. The average Bonchev–Trinajstić information content (AvgIpc) is 2.39. The lowest BCUT2D eigenvalue weighted by Gasteiger charge is -2.40. The molecular weight excluding hydrogens is 239 g/mol. The molecule has 1 saturated heterocycles. The maximum absolute atomic E-state index is 13.7. The number of hydrogen-bond donors (Lipinski definition) is 1. The first-order valence-corrected chi connectivity index (χ1v) is 7.25. The van der Waals surface area contributed by atoms with Gasteiger partial charge in [-0.25, -0.2) is 4.39 Å². The summed E-state index contributed by atoms with van der Waals surface area (Å²) in [5.41, 5.74) is 2.52. The topological polar surface area (TPSA) is 15.3 Å². The number of piperidine rings is 1. The molecule has 0 saturated carbocycles. The largest absolute Gasteiger partial charge is 0.371 e. The molecule has 0 radical (unpaired) electrons. The van der Waals surface area contributed by atoms with Crippen LogP contribution in [0.5, 0.6) is 0 Å². The molecule has 3 heteroatoms. The van der Waals surface area contributed by atoms with E-state index in [2.05, 4.69) is 30.1 Å². The van der Waals surface area contributed by atoms with Crippen molar-refractivity contribution in [3.63, 3.8) is 0 Å². The minimum atomic E-state index is -0.133. The van der Waals surface area contributed by atoms with Gasteiger partial charge in [0.1, 0.15) is 5.82 Å². The molecule has 0 aliphatic carbocycles. The van der Waals surface area contributed by atoms with Crippen LogP contribution in [-0.4, -0.2) is 20.1 Å². The zero-order valence-corrected chi connectivity index (χ0v) is 12.3. The fourth-order valence-electron chi connectivity index (χ4n) is 2.78. The Kier molecular flexibility index (Phi) is 4.46. The van der Waals surface area contributed by atoms with Gasteiger partial charge in [-0.05, 0) is 49.1 Å². The standard InChI is InChI=1S/C16H25FN2/c1-4-16(2)5-7-19(8-6-16)15-10-13(12-18-3)9-14(17)11-15/h9-11,18H,4-8,12H2,1-3H3. The molecule has 19 heavy (non-hydrogen) atoms. The van der Waals surface area contributed by atoms with E-state index in [0.29, 0.717) is 12.0 Å². The van der Waals surface area contributed by atoms with E-state index in [1.54, 1.807) is 12.1 Å². The zero-order chi connectivity index (χ0) is 13.9. The number of nitrogens with one attached hydrogen (secondary N) is 1. The Morgan fingerprint density at radius 1 is 1.26 bits per heavy atom. The van der Waals surface area contributed by atoms with Crippen LogP contribution in [0.25, 0.3) is 0 Å². The van der Waals surface area contributed by atoms with Gasteiger partial charge in [-0.15, -0.1) is 0 Å². The maximum Gasteiger partial charge on any atom is 0.125 e. The number of hydrogen-bond acceptors (Lipinski definition) is 2. The van der Waals surface area contributed by atoms with Crippen molar-refractivity contribution < 1.29 is 4.39 Å². The van der Waals surface area contributed by atoms with Gasteiger partial charge in [0.2, 0.25) is 0 Å². The Hall–Kier alpha value is -1.09. The highest BCUT2D eigenvalue weighted by Crippen LogP contribution is 2.35. The molecule has 0 aromatic heterocycles. The minimum absolute atomic E-state index is 0.133. The van der Waals surface area contributed by atoms with Gasteiger partial charge < -0.3 is 10.2 Å². The normalized spacial score (nSPS) is 18.6. The van der Waals surface area contributed by atoms with Gasteiger partial charge in [0.05, 0.1) is 0 Å². The van der Waals surface area contributed by atoms with E-state index in [9.17, 15) is 4.39 Å². The third-order valence-corrected chi connectivity index (χ3v) is 4.51. The first-order chi connectivity index (χ1) is 9.06. The number of rotatable bonds is 4. The van der Waals surface area contributed by atoms with E-state index in [1.807, 2.05) is 7.05 Å². The summed E-state index contributed by atoms with van der Waals surface area (Å²) in [5.74, 6) is -0.133. The monoisotopic (exact) mass is 264 g/mol. The second-order valence-corrected chi connectivity index (χ2v) is 6.00. The van der Waals surface area contributed by atoms with Gasteiger partial charge in [0, 0.05) is 25.3 Å². The Labute approximate surface area is 116 Å². The molecule has 1 aromatic carbocycles. The van der Waals surface area contributed by atoms with E-state index in [0.717, 1.165) is 24.3 Å². The summed E-state index contributed by atoms with van der Waals surface area (Å²) in [7, 11) is 1.89. The Bertz CT molecular complexity index is 423. The molecule has 0 bridgehead atoms. The fraction of sp³-hybridized carbons (Fsp3) is 0.625. The van der Waals surface area contributed by atoms with Crippen LogP contribution in [0.15, 0.2) is 18.2 Å². The van der Waals surface area contributed by atoms with Gasteiger partial charge in [-0.1, -0.05) is 20.3 Å². The van der Waals surface area contributed by atoms with Crippen molar-refractivity contribution in [3.8, 4) is 0 Å². The van der Waals surface area contributed by atoms with Crippen molar-refractivity contribution in [2.45, 2.75) is 39.7 Å². The highest BCUT2D eigenvalue weighted by atomic mass is 19.1. The van der Waals surface area contributed by atoms with Gasteiger partial charge >= 0.3 is 0 Å². The first-order valence-electron chi connectivity index (χ1n) is 7.25. The molecule has 1 aliphatic heterocycles. The Morgan fingerprint density at radius 3 is 2.53 bits per heavy atom. The van der Waals surface area contributed by atoms with Crippen LogP contribution in [-0.2, 0) is 6.54 Å². The molecule has 0 spiro atoms. The number of nitrogens with zero attached hydrogens (tertiary/aromatic N) is 1. The molecular formula is C16H25FN2. The lowest BCUT2D eigenvalue weighted by Crippen LogP contribution is -2.38. The van der Waals surface area contributed by atoms with Crippen molar-refractivity contribution in [1.29, 1.82) is 0 Å².